The van der Waals surface area contributed by atoms with E-state index in [1.165, 1.54) is 0 Å². The molecule has 0 bridgehead atoms. The number of carbonyl (C=O) groups excluding carboxylic acids is 1. The van der Waals surface area contributed by atoms with Gasteiger partial charge < -0.3 is 19.9 Å². The molecule has 0 radical (unpaired) electrons. The van der Waals surface area contributed by atoms with Gasteiger partial charge in [-0.25, -0.2) is 4.79 Å². The van der Waals surface area contributed by atoms with Gasteiger partial charge in [0.05, 0.1) is 18.7 Å². The van der Waals surface area contributed by atoms with Crippen LogP contribution in [0.1, 0.15) is 37.8 Å². The molecule has 2 N–H and O–H groups in total. The van der Waals surface area contributed by atoms with Crippen LogP contribution < -0.4 is 10.6 Å². The Morgan fingerprint density at radius 2 is 2.40 bits per heavy atom. The fourth-order valence-corrected chi connectivity index (χ4v) is 2.85. The molecule has 20 heavy (non-hydrogen) atoms. The van der Waals surface area contributed by atoms with Gasteiger partial charge in [-0.05, 0) is 26.2 Å². The molecular weight excluding hydrogens is 258 g/mol. The molecule has 1 saturated heterocycles. The second-order valence-electron chi connectivity index (χ2n) is 5.45. The van der Waals surface area contributed by atoms with Gasteiger partial charge in [-0.1, -0.05) is 0 Å². The van der Waals surface area contributed by atoms with E-state index in [1.807, 2.05) is 6.92 Å². The van der Waals surface area contributed by atoms with Crippen molar-refractivity contribution in [1.82, 2.24) is 25.4 Å². The average molecular weight is 279 g/mol. The number of carbonyl (C=O) groups is 1. The van der Waals surface area contributed by atoms with E-state index in [1.54, 1.807) is 0 Å². The maximum Gasteiger partial charge on any atom is 0.315 e. The van der Waals surface area contributed by atoms with Crippen LogP contribution in [0.4, 0.5) is 4.79 Å². The van der Waals surface area contributed by atoms with Crippen molar-refractivity contribution in [1.29, 1.82) is 0 Å². The van der Waals surface area contributed by atoms with Crippen molar-refractivity contribution in [3.63, 3.8) is 0 Å². The largest absolute Gasteiger partial charge is 0.376 e. The summed E-state index contributed by atoms with van der Waals surface area (Å²) in [6, 6.07) is -0.148. The molecule has 3 heterocycles. The predicted molar refractivity (Wildman–Crippen MR) is 72.2 cm³/mol. The van der Waals surface area contributed by atoms with E-state index in [0.29, 0.717) is 6.54 Å². The molecule has 1 aromatic heterocycles. The lowest BCUT2D eigenvalue weighted by atomic mass is 10.1. The van der Waals surface area contributed by atoms with Crippen LogP contribution in [0.2, 0.25) is 0 Å². The molecule has 1 aromatic rings. The predicted octanol–water partition coefficient (Wildman–Crippen LogP) is 0.591. The van der Waals surface area contributed by atoms with Crippen LogP contribution in [0.15, 0.2) is 0 Å². The summed E-state index contributed by atoms with van der Waals surface area (Å²) in [5.74, 6) is 1.85. The number of aromatic nitrogens is 3. The zero-order chi connectivity index (χ0) is 13.9. The van der Waals surface area contributed by atoms with Gasteiger partial charge in [-0.2, -0.15) is 0 Å². The third-order valence-corrected chi connectivity index (χ3v) is 3.97. The van der Waals surface area contributed by atoms with Crippen LogP contribution in [0, 0.1) is 0 Å². The summed E-state index contributed by atoms with van der Waals surface area (Å²) < 4.78 is 7.64. The molecule has 2 amide bonds. The zero-order valence-electron chi connectivity index (χ0n) is 11.8. The molecule has 110 valence electrons. The maximum absolute atomic E-state index is 11.9. The molecule has 2 atom stereocenters. The third kappa shape index (κ3) is 2.77. The number of urea groups is 1. The van der Waals surface area contributed by atoms with Crippen LogP contribution in [-0.2, 0) is 24.2 Å². The normalized spacial score (nSPS) is 22.6. The van der Waals surface area contributed by atoms with E-state index in [0.717, 1.165) is 50.5 Å². The summed E-state index contributed by atoms with van der Waals surface area (Å²) in [6.07, 6.45) is 4.32. The third-order valence-electron chi connectivity index (χ3n) is 3.97. The minimum absolute atomic E-state index is 0.0293. The highest BCUT2D eigenvalue weighted by atomic mass is 16.5. The lowest BCUT2D eigenvalue weighted by Crippen LogP contribution is -2.45. The number of nitrogens with one attached hydrogen (secondary N) is 2. The van der Waals surface area contributed by atoms with Gasteiger partial charge in [0.2, 0.25) is 0 Å². The van der Waals surface area contributed by atoms with Gasteiger partial charge in [-0.3, -0.25) is 0 Å². The Morgan fingerprint density at radius 3 is 3.20 bits per heavy atom. The average Bonchev–Trinajstić information content (AvgIpc) is 3.14. The molecule has 7 heteroatoms. The van der Waals surface area contributed by atoms with E-state index < -0.39 is 0 Å². The molecular formula is C13H21N5O2. The van der Waals surface area contributed by atoms with Crippen molar-refractivity contribution in [2.75, 3.05) is 6.61 Å². The van der Waals surface area contributed by atoms with E-state index in [4.69, 9.17) is 4.74 Å². The number of amides is 2. The van der Waals surface area contributed by atoms with E-state index in [9.17, 15) is 4.79 Å². The second-order valence-corrected chi connectivity index (χ2v) is 5.45. The molecule has 0 saturated carbocycles. The highest BCUT2D eigenvalue weighted by molar-refractivity contribution is 5.74. The fourth-order valence-electron chi connectivity index (χ4n) is 2.85. The first-order valence-corrected chi connectivity index (χ1v) is 7.31. The van der Waals surface area contributed by atoms with Crippen molar-refractivity contribution in [2.45, 2.75) is 57.8 Å². The Bertz CT molecular complexity index is 481. The summed E-state index contributed by atoms with van der Waals surface area (Å²) in [5.41, 5.74) is 0. The molecule has 0 aromatic carbocycles. The molecule has 2 aliphatic rings. The van der Waals surface area contributed by atoms with E-state index in [-0.39, 0.29) is 18.2 Å². The number of rotatable bonds is 4. The van der Waals surface area contributed by atoms with Crippen LogP contribution in [0.3, 0.4) is 0 Å². The summed E-state index contributed by atoms with van der Waals surface area (Å²) >= 11 is 0. The summed E-state index contributed by atoms with van der Waals surface area (Å²) in [5, 5.41) is 14.0. The first-order valence-electron chi connectivity index (χ1n) is 7.31. The fraction of sp³-hybridized carbons (Fsp3) is 0.769. The Labute approximate surface area is 118 Å². The van der Waals surface area contributed by atoms with Gasteiger partial charge in [0.25, 0.3) is 0 Å². The lowest BCUT2D eigenvalue weighted by Gasteiger charge is -2.20. The number of hydrogen-bond acceptors (Lipinski definition) is 4. The van der Waals surface area contributed by atoms with Gasteiger partial charge in [0.15, 0.2) is 5.82 Å². The molecule has 7 nitrogen and oxygen atoms in total. The van der Waals surface area contributed by atoms with Crippen molar-refractivity contribution >= 4 is 6.03 Å². The lowest BCUT2D eigenvalue weighted by molar-refractivity contribution is 0.0860. The summed E-state index contributed by atoms with van der Waals surface area (Å²) in [7, 11) is 0. The first kappa shape index (κ1) is 13.4. The first-order chi connectivity index (χ1) is 9.74. The van der Waals surface area contributed by atoms with Crippen LogP contribution in [-0.4, -0.2) is 39.5 Å². The maximum atomic E-state index is 11.9. The minimum Gasteiger partial charge on any atom is -0.376 e. The molecule has 2 aliphatic heterocycles. The minimum atomic E-state index is -0.177. The molecule has 0 spiro atoms. The highest BCUT2D eigenvalue weighted by Gasteiger charge is 2.24. The van der Waals surface area contributed by atoms with Crippen molar-refractivity contribution in [2.24, 2.45) is 0 Å². The van der Waals surface area contributed by atoms with Crippen LogP contribution in [0.5, 0.6) is 0 Å². The summed E-state index contributed by atoms with van der Waals surface area (Å²) in [6.45, 7) is 4.14. The SMILES string of the molecule is C[C@@H](NC(=O)NCc1nnc2n1CCC2)[C@H]1CCCO1. The molecule has 1 fully saturated rings. The van der Waals surface area contributed by atoms with Crippen LogP contribution >= 0.6 is 0 Å². The van der Waals surface area contributed by atoms with Crippen molar-refractivity contribution in [3.8, 4) is 0 Å². The molecule has 0 unspecified atom stereocenters. The number of ether oxygens (including phenoxy) is 1. The van der Waals surface area contributed by atoms with Gasteiger partial charge in [-0.15, -0.1) is 10.2 Å². The standard InChI is InChI=1S/C13H21N5O2/c1-9(10-4-3-7-20-10)15-13(19)14-8-12-17-16-11-5-2-6-18(11)12/h9-10H,2-8H2,1H3,(H2,14,15,19)/t9-,10-/m1/s1. The van der Waals surface area contributed by atoms with Crippen molar-refractivity contribution in [3.05, 3.63) is 11.6 Å². The van der Waals surface area contributed by atoms with E-state index in [2.05, 4.69) is 25.4 Å². The Morgan fingerprint density at radius 1 is 1.50 bits per heavy atom. The smallest absolute Gasteiger partial charge is 0.315 e. The number of aryl methyl sites for hydroxylation is 1. The Kier molecular flexibility index (Phi) is 3.86. The monoisotopic (exact) mass is 279 g/mol. The van der Waals surface area contributed by atoms with Gasteiger partial charge >= 0.3 is 6.03 Å². The van der Waals surface area contributed by atoms with Gasteiger partial charge in [0, 0.05) is 19.6 Å². The number of nitrogens with zero attached hydrogens (tertiary/aromatic N) is 3. The van der Waals surface area contributed by atoms with Crippen LogP contribution in [0.25, 0.3) is 0 Å². The Hall–Kier alpha value is -1.63. The quantitative estimate of drug-likeness (QED) is 0.845. The van der Waals surface area contributed by atoms with Crippen molar-refractivity contribution < 1.29 is 9.53 Å². The second kappa shape index (κ2) is 5.78. The Balaban J connectivity index is 1.47. The topological polar surface area (TPSA) is 81.1 Å². The van der Waals surface area contributed by atoms with Gasteiger partial charge in [0.1, 0.15) is 5.82 Å². The van der Waals surface area contributed by atoms with E-state index >= 15 is 0 Å². The number of fused-ring (bicyclic) bond motifs is 1. The molecule has 0 aliphatic carbocycles. The molecule has 3 rings (SSSR count). The number of hydrogen-bond donors (Lipinski definition) is 2. The zero-order valence-corrected chi connectivity index (χ0v) is 11.8. The summed E-state index contributed by atoms with van der Waals surface area (Å²) in [4.78, 5) is 11.9. The highest BCUT2D eigenvalue weighted by Crippen LogP contribution is 2.15.